The number of aryl methyl sites for hydroxylation is 1. The van der Waals surface area contributed by atoms with Crippen LogP contribution in [0.5, 0.6) is 5.75 Å². The maximum absolute atomic E-state index is 12.7. The van der Waals surface area contributed by atoms with Gasteiger partial charge in [-0.15, -0.1) is 0 Å². The molecule has 1 amide bonds. The molecule has 0 fully saturated rings. The fraction of sp³-hybridized carbons (Fsp3) is 0.273. The molecule has 0 aliphatic rings. The fourth-order valence-corrected chi connectivity index (χ4v) is 3.28. The summed E-state index contributed by atoms with van der Waals surface area (Å²) in [5, 5.41) is 7.96. The van der Waals surface area contributed by atoms with Crippen molar-refractivity contribution in [2.24, 2.45) is 0 Å². The summed E-state index contributed by atoms with van der Waals surface area (Å²) in [7, 11) is 0. The Morgan fingerprint density at radius 2 is 2.04 bits per heavy atom. The first-order valence-corrected chi connectivity index (χ1v) is 9.66. The number of nitrogens with zero attached hydrogens (tertiary/aromatic N) is 2. The number of hydrogen-bond donors (Lipinski definition) is 1. The number of benzene rings is 2. The highest BCUT2D eigenvalue weighted by Gasteiger charge is 2.16. The van der Waals surface area contributed by atoms with Gasteiger partial charge in [-0.05, 0) is 50.6 Å². The lowest BCUT2D eigenvalue weighted by Crippen LogP contribution is -2.27. The summed E-state index contributed by atoms with van der Waals surface area (Å²) in [4.78, 5) is 12.7. The predicted octanol–water partition coefficient (Wildman–Crippen LogP) is 4.93. The van der Waals surface area contributed by atoms with Gasteiger partial charge in [0.15, 0.2) is 0 Å². The van der Waals surface area contributed by atoms with Crippen LogP contribution >= 0.6 is 11.6 Å². The number of carbonyl (C=O) groups is 1. The van der Waals surface area contributed by atoms with Gasteiger partial charge in [-0.3, -0.25) is 9.48 Å². The lowest BCUT2D eigenvalue weighted by Gasteiger charge is -2.15. The molecule has 0 saturated heterocycles. The number of carbonyl (C=O) groups excluding carboxylic acids is 1. The van der Waals surface area contributed by atoms with E-state index in [1.807, 2.05) is 68.0 Å². The van der Waals surface area contributed by atoms with Crippen LogP contribution in [0.1, 0.15) is 47.1 Å². The number of amides is 1. The molecule has 0 aliphatic carbocycles. The van der Waals surface area contributed by atoms with Crippen molar-refractivity contribution in [1.82, 2.24) is 15.1 Å². The SMILES string of the molecule is CCn1ncc(C(C)NC(=O)c2cccc(COc3ccccc3Cl)c2)c1C. The average molecular weight is 398 g/mol. The molecule has 28 heavy (non-hydrogen) atoms. The minimum absolute atomic E-state index is 0.129. The first-order valence-electron chi connectivity index (χ1n) is 9.29. The summed E-state index contributed by atoms with van der Waals surface area (Å²) >= 11 is 6.12. The van der Waals surface area contributed by atoms with Crippen molar-refractivity contribution in [3.8, 4) is 5.75 Å². The molecule has 2 aromatic carbocycles. The molecule has 5 nitrogen and oxygen atoms in total. The van der Waals surface area contributed by atoms with Gasteiger partial charge >= 0.3 is 0 Å². The summed E-state index contributed by atoms with van der Waals surface area (Å²) in [6, 6.07) is 14.6. The van der Waals surface area contributed by atoms with Gasteiger partial charge in [0.05, 0.1) is 17.3 Å². The standard InChI is InChI=1S/C22H24ClN3O2/c1-4-26-16(3)19(13-24-26)15(2)25-22(27)18-9-7-8-17(12-18)14-28-21-11-6-5-10-20(21)23/h5-13,15H,4,14H2,1-3H3,(H,25,27). The average Bonchev–Trinajstić information content (AvgIpc) is 3.08. The largest absolute Gasteiger partial charge is 0.487 e. The molecule has 1 unspecified atom stereocenters. The van der Waals surface area contributed by atoms with E-state index in [-0.39, 0.29) is 11.9 Å². The van der Waals surface area contributed by atoms with Gasteiger partial charge in [0.2, 0.25) is 0 Å². The molecule has 1 atom stereocenters. The summed E-state index contributed by atoms with van der Waals surface area (Å²) < 4.78 is 7.69. The van der Waals surface area contributed by atoms with E-state index in [0.717, 1.165) is 23.4 Å². The van der Waals surface area contributed by atoms with E-state index in [4.69, 9.17) is 16.3 Å². The topological polar surface area (TPSA) is 56.2 Å². The molecule has 1 aromatic heterocycles. The van der Waals surface area contributed by atoms with Crippen molar-refractivity contribution in [2.75, 3.05) is 0 Å². The van der Waals surface area contributed by atoms with Crippen molar-refractivity contribution in [3.63, 3.8) is 0 Å². The Kier molecular flexibility index (Phi) is 6.37. The van der Waals surface area contributed by atoms with E-state index in [9.17, 15) is 4.79 Å². The Morgan fingerprint density at radius 3 is 2.75 bits per heavy atom. The first-order chi connectivity index (χ1) is 13.5. The second kappa shape index (κ2) is 8.93. The monoisotopic (exact) mass is 397 g/mol. The zero-order valence-electron chi connectivity index (χ0n) is 16.3. The van der Waals surface area contributed by atoms with Crippen LogP contribution in [0.2, 0.25) is 5.02 Å². The highest BCUT2D eigenvalue weighted by atomic mass is 35.5. The Morgan fingerprint density at radius 1 is 1.25 bits per heavy atom. The Labute approximate surface area is 170 Å². The van der Waals surface area contributed by atoms with Crippen molar-refractivity contribution in [2.45, 2.75) is 40.0 Å². The van der Waals surface area contributed by atoms with Gasteiger partial charge in [-0.25, -0.2) is 0 Å². The van der Waals surface area contributed by atoms with Crippen LogP contribution in [-0.2, 0) is 13.2 Å². The molecule has 6 heteroatoms. The van der Waals surface area contributed by atoms with Gasteiger partial charge in [0, 0.05) is 23.4 Å². The van der Waals surface area contributed by atoms with Gasteiger partial charge in [-0.1, -0.05) is 35.9 Å². The van der Waals surface area contributed by atoms with E-state index in [1.54, 1.807) is 12.1 Å². The lowest BCUT2D eigenvalue weighted by atomic mass is 10.1. The molecule has 1 heterocycles. The minimum Gasteiger partial charge on any atom is -0.487 e. The molecular weight excluding hydrogens is 374 g/mol. The summed E-state index contributed by atoms with van der Waals surface area (Å²) in [5.74, 6) is 0.492. The molecule has 3 rings (SSSR count). The van der Waals surface area contributed by atoms with Crippen molar-refractivity contribution < 1.29 is 9.53 Å². The van der Waals surface area contributed by atoms with Crippen LogP contribution in [0, 0.1) is 6.92 Å². The zero-order chi connectivity index (χ0) is 20.1. The fourth-order valence-electron chi connectivity index (χ4n) is 3.09. The van der Waals surface area contributed by atoms with E-state index in [1.165, 1.54) is 0 Å². The van der Waals surface area contributed by atoms with Crippen molar-refractivity contribution in [3.05, 3.63) is 82.1 Å². The third kappa shape index (κ3) is 4.54. The Bertz CT molecular complexity index is 968. The van der Waals surface area contributed by atoms with Crippen LogP contribution in [-0.4, -0.2) is 15.7 Å². The number of nitrogens with one attached hydrogen (secondary N) is 1. The molecule has 0 saturated carbocycles. The van der Waals surface area contributed by atoms with E-state index < -0.39 is 0 Å². The molecule has 3 aromatic rings. The molecule has 1 N–H and O–H groups in total. The first kappa shape index (κ1) is 20.0. The van der Waals surface area contributed by atoms with Gasteiger partial charge in [0.1, 0.15) is 12.4 Å². The van der Waals surface area contributed by atoms with Crippen molar-refractivity contribution >= 4 is 17.5 Å². The Balaban J connectivity index is 1.66. The van der Waals surface area contributed by atoms with E-state index >= 15 is 0 Å². The maximum Gasteiger partial charge on any atom is 0.251 e. The summed E-state index contributed by atoms with van der Waals surface area (Å²) in [5.41, 5.74) is 3.58. The smallest absolute Gasteiger partial charge is 0.251 e. The van der Waals surface area contributed by atoms with Crippen LogP contribution < -0.4 is 10.1 Å². The van der Waals surface area contributed by atoms with E-state index in [2.05, 4.69) is 10.4 Å². The zero-order valence-corrected chi connectivity index (χ0v) is 17.0. The molecule has 0 radical (unpaired) electrons. The number of ether oxygens (including phenoxy) is 1. The van der Waals surface area contributed by atoms with Crippen molar-refractivity contribution in [1.29, 1.82) is 0 Å². The lowest BCUT2D eigenvalue weighted by molar-refractivity contribution is 0.0939. The molecule has 0 aliphatic heterocycles. The van der Waals surface area contributed by atoms with Crippen LogP contribution in [0.25, 0.3) is 0 Å². The van der Waals surface area contributed by atoms with Gasteiger partial charge in [0.25, 0.3) is 5.91 Å². The Hall–Kier alpha value is -2.79. The molecule has 146 valence electrons. The number of para-hydroxylation sites is 1. The number of aromatic nitrogens is 2. The van der Waals surface area contributed by atoms with Gasteiger partial charge < -0.3 is 10.1 Å². The quantitative estimate of drug-likeness (QED) is 0.614. The highest BCUT2D eigenvalue weighted by molar-refractivity contribution is 6.32. The predicted molar refractivity (Wildman–Crippen MR) is 111 cm³/mol. The maximum atomic E-state index is 12.7. The third-order valence-electron chi connectivity index (χ3n) is 4.67. The second-order valence-electron chi connectivity index (χ2n) is 6.62. The van der Waals surface area contributed by atoms with Gasteiger partial charge in [-0.2, -0.15) is 5.10 Å². The molecule has 0 bridgehead atoms. The number of halogens is 1. The van der Waals surface area contributed by atoms with Crippen LogP contribution in [0.4, 0.5) is 0 Å². The summed E-state index contributed by atoms with van der Waals surface area (Å²) in [6.45, 7) is 7.17. The number of rotatable bonds is 7. The van der Waals surface area contributed by atoms with Crippen LogP contribution in [0.15, 0.2) is 54.7 Å². The van der Waals surface area contributed by atoms with E-state index in [0.29, 0.717) is 22.9 Å². The van der Waals surface area contributed by atoms with Crippen LogP contribution in [0.3, 0.4) is 0 Å². The third-order valence-corrected chi connectivity index (χ3v) is 4.99. The normalized spacial score (nSPS) is 11.9. The number of hydrogen-bond acceptors (Lipinski definition) is 3. The summed E-state index contributed by atoms with van der Waals surface area (Å²) in [6.07, 6.45) is 1.82. The molecular formula is C22H24ClN3O2. The minimum atomic E-state index is -0.129. The molecule has 0 spiro atoms. The second-order valence-corrected chi connectivity index (χ2v) is 7.02. The highest BCUT2D eigenvalue weighted by Crippen LogP contribution is 2.24.